The first-order valence-electron chi connectivity index (χ1n) is 12.1. The molecule has 27 heavy (non-hydrogen) atoms. The van der Waals surface area contributed by atoms with Crippen LogP contribution in [0.1, 0.15) is 34.8 Å². The molecule has 1 saturated heterocycles. The first-order valence-corrected chi connectivity index (χ1v) is 8.78. The summed E-state index contributed by atoms with van der Waals surface area (Å²) in [5.41, 5.74) is -0.600. The van der Waals surface area contributed by atoms with E-state index >= 15 is 0 Å². The second-order valence-corrected chi connectivity index (χ2v) is 6.95. The highest BCUT2D eigenvalue weighted by molar-refractivity contribution is 7.21. The SMILES string of the molecule is [2H]c1nc(N([2H])C2([2H])C([2H])([2H])CN(C([2H])c3cc([2H])c(F)c(C#N)c3)CC2([2H])[2H])c2nc(Cl)sc2n1. The highest BCUT2D eigenvalue weighted by Crippen LogP contribution is 2.28. The molecule has 0 saturated carbocycles. The predicted octanol–water partition coefficient (Wildman–Crippen LogP) is 3.83. The second kappa shape index (κ2) is 7.72. The summed E-state index contributed by atoms with van der Waals surface area (Å²) in [4.78, 5) is 12.8. The fourth-order valence-electron chi connectivity index (χ4n) is 2.37. The van der Waals surface area contributed by atoms with Gasteiger partial charge in [0, 0.05) is 32.5 Å². The summed E-state index contributed by atoms with van der Waals surface area (Å²) in [6.07, 6.45) is -6.17. The number of nitrogens with zero attached hydrogens (tertiary/aromatic N) is 5. The lowest BCUT2D eigenvalue weighted by Crippen LogP contribution is -2.38. The third-order valence-corrected chi connectivity index (χ3v) is 4.64. The van der Waals surface area contributed by atoms with E-state index in [1.807, 2.05) is 0 Å². The molecule has 1 aliphatic rings. The Labute approximate surface area is 177 Å². The summed E-state index contributed by atoms with van der Waals surface area (Å²) in [7, 11) is 0. The molecule has 1 aromatic carbocycles. The molecule has 6 nitrogen and oxygen atoms in total. The van der Waals surface area contributed by atoms with E-state index in [1.54, 1.807) is 6.07 Å². The summed E-state index contributed by atoms with van der Waals surface area (Å²) < 4.78 is 89.8. The molecule has 1 aliphatic heterocycles. The lowest BCUT2D eigenvalue weighted by molar-refractivity contribution is 0.211. The van der Waals surface area contributed by atoms with E-state index in [1.165, 1.54) is 0 Å². The number of halogens is 2. The zero-order valence-corrected chi connectivity index (χ0v) is 15.1. The van der Waals surface area contributed by atoms with Gasteiger partial charge in [-0.15, -0.1) is 0 Å². The minimum Gasteiger partial charge on any atom is -0.365 e. The molecule has 1 atom stereocenters. The van der Waals surface area contributed by atoms with Crippen LogP contribution in [0.3, 0.4) is 0 Å². The number of fused-ring (bicyclic) bond motifs is 1. The molecule has 0 spiro atoms. The summed E-state index contributed by atoms with van der Waals surface area (Å²) in [5, 5.41) is 9.34. The molecule has 0 amide bonds. The van der Waals surface area contributed by atoms with Gasteiger partial charge in [0.05, 0.1) is 8.30 Å². The van der Waals surface area contributed by atoms with E-state index in [0.29, 0.717) is 0 Å². The average Bonchev–Trinajstić information content (AvgIpc) is 3.16. The molecule has 138 valence electrons. The van der Waals surface area contributed by atoms with E-state index in [0.717, 1.165) is 28.4 Å². The van der Waals surface area contributed by atoms with Gasteiger partial charge in [-0.2, -0.15) is 5.26 Å². The molecule has 2 aromatic heterocycles. The van der Waals surface area contributed by atoms with Crippen LogP contribution in [-0.2, 0) is 6.52 Å². The normalized spacial score (nSPS) is 26.6. The van der Waals surface area contributed by atoms with Crippen LogP contribution in [0, 0.1) is 17.1 Å². The first kappa shape index (κ1) is 10.3. The van der Waals surface area contributed by atoms with Crippen molar-refractivity contribution in [1.29, 1.82) is 5.26 Å². The molecule has 3 aromatic rings. The van der Waals surface area contributed by atoms with Crippen LogP contribution in [-0.4, -0.2) is 39.0 Å². The van der Waals surface area contributed by atoms with E-state index in [9.17, 15) is 4.39 Å². The van der Waals surface area contributed by atoms with Crippen molar-refractivity contribution < 1.29 is 16.8 Å². The van der Waals surface area contributed by atoms with Crippen LogP contribution >= 0.6 is 22.9 Å². The minimum atomic E-state index is -2.93. The van der Waals surface area contributed by atoms with Gasteiger partial charge in [0.15, 0.2) is 11.7 Å². The molecule has 3 heterocycles. The van der Waals surface area contributed by atoms with E-state index in [2.05, 4.69) is 15.0 Å². The third kappa shape index (κ3) is 4.00. The minimum absolute atomic E-state index is 0.00117. The van der Waals surface area contributed by atoms with Gasteiger partial charge in [0.2, 0.25) is 0 Å². The molecule has 1 unspecified atom stereocenters. The number of rotatable bonds is 4. The van der Waals surface area contributed by atoms with Crippen LogP contribution in [0.4, 0.5) is 10.2 Å². The van der Waals surface area contributed by atoms with Gasteiger partial charge in [0.25, 0.3) is 0 Å². The summed E-state index contributed by atoms with van der Waals surface area (Å²) in [6.45, 7) is -2.91. The highest BCUT2D eigenvalue weighted by Gasteiger charge is 2.21. The van der Waals surface area contributed by atoms with Crippen molar-refractivity contribution >= 4 is 39.1 Å². The Morgan fingerprint density at radius 2 is 2.41 bits per heavy atom. The fourth-order valence-corrected chi connectivity index (χ4v) is 3.29. The van der Waals surface area contributed by atoms with Gasteiger partial charge in [-0.1, -0.05) is 29.0 Å². The third-order valence-electron chi connectivity index (χ3n) is 3.58. The van der Waals surface area contributed by atoms with E-state index in [4.69, 9.17) is 29.2 Å². The summed E-state index contributed by atoms with van der Waals surface area (Å²) in [5.74, 6) is -1.54. The molecule has 0 radical (unpaired) electrons. The summed E-state index contributed by atoms with van der Waals surface area (Å²) in [6, 6.07) is 0.0492. The molecule has 0 bridgehead atoms. The molecule has 4 rings (SSSR count). The zero-order valence-electron chi connectivity index (χ0n) is 22.5. The number of anilines is 1. The van der Waals surface area contributed by atoms with Gasteiger partial charge < -0.3 is 5.31 Å². The molecule has 1 fully saturated rings. The monoisotopic (exact) mass is 411 g/mol. The van der Waals surface area contributed by atoms with Gasteiger partial charge >= 0.3 is 0 Å². The molecular weight excluding hydrogens is 387 g/mol. The maximum atomic E-state index is 13.9. The van der Waals surface area contributed by atoms with Gasteiger partial charge in [-0.25, -0.2) is 19.3 Å². The largest absolute Gasteiger partial charge is 0.365 e. The Hall–Kier alpha value is -2.34. The number of likely N-dealkylation sites (tertiary alicyclic amines) is 1. The topological polar surface area (TPSA) is 77.7 Å². The smallest absolute Gasteiger partial charge is 0.186 e. The average molecular weight is 412 g/mol. The number of piperidine rings is 1. The van der Waals surface area contributed by atoms with Crippen LogP contribution in [0.25, 0.3) is 10.3 Å². The van der Waals surface area contributed by atoms with Gasteiger partial charge in [-0.05, 0) is 30.4 Å². The number of hydrogen-bond donors (Lipinski definition) is 1. The lowest BCUT2D eigenvalue weighted by Gasteiger charge is -2.32. The van der Waals surface area contributed by atoms with Crippen molar-refractivity contribution in [3.63, 3.8) is 0 Å². The predicted molar refractivity (Wildman–Crippen MR) is 103 cm³/mol. The Kier molecular flexibility index (Phi) is 2.94. The maximum absolute atomic E-state index is 13.9. The molecule has 9 heteroatoms. The van der Waals surface area contributed by atoms with Crippen LogP contribution in [0.5, 0.6) is 0 Å². The Morgan fingerprint density at radius 1 is 1.59 bits per heavy atom. The van der Waals surface area contributed by atoms with Crippen LogP contribution < -0.4 is 5.31 Å². The zero-order chi connectivity index (χ0) is 26.8. The lowest BCUT2D eigenvalue weighted by atomic mass is 10.0. The molecular formula is C18H16ClFN6S. The van der Waals surface area contributed by atoms with Crippen molar-refractivity contribution in [2.45, 2.75) is 25.3 Å². The molecule has 1 N–H and O–H groups in total. The Morgan fingerprint density at radius 3 is 3.19 bits per heavy atom. The Bertz CT molecular complexity index is 1380. The fraction of sp³-hybridized carbons (Fsp3) is 0.333. The highest BCUT2D eigenvalue weighted by atomic mass is 35.5. The number of hydrogen-bond acceptors (Lipinski definition) is 7. The number of aromatic nitrogens is 3. The standard InChI is InChI=1S/C18H16ClFN6S/c19-18-25-15-16(22-10-23-17(15)27-18)24-13-3-5-26(6-4-13)9-11-1-2-14(20)12(7-11)8-21/h1-2,7,10,13H,3-6,9H2,(H,22,23,24)/i2D,3D2,4D2,9D,10D,13D/hD. The van der Waals surface area contributed by atoms with Gasteiger partial charge in [-0.3, -0.25) is 4.90 Å². The van der Waals surface area contributed by atoms with Crippen molar-refractivity contribution in [3.8, 4) is 6.07 Å². The van der Waals surface area contributed by atoms with Crippen LogP contribution in [0.15, 0.2) is 24.5 Å². The number of nitriles is 1. The summed E-state index contributed by atoms with van der Waals surface area (Å²) >= 11 is 6.80. The quantitative estimate of drug-likeness (QED) is 0.703. The van der Waals surface area contributed by atoms with Crippen molar-refractivity contribution in [3.05, 3.63) is 45.9 Å². The van der Waals surface area contributed by atoms with Crippen molar-refractivity contribution in [2.24, 2.45) is 0 Å². The maximum Gasteiger partial charge on any atom is 0.186 e. The number of thiazole rings is 1. The van der Waals surface area contributed by atoms with E-state index in [-0.39, 0.29) is 25.7 Å². The first-order chi connectivity index (χ1) is 16.6. The van der Waals surface area contributed by atoms with Crippen molar-refractivity contribution in [1.82, 2.24) is 19.9 Å². The van der Waals surface area contributed by atoms with Gasteiger partial charge in [0.1, 0.15) is 29.9 Å². The number of benzene rings is 1. The van der Waals surface area contributed by atoms with Crippen molar-refractivity contribution in [2.75, 3.05) is 18.4 Å². The molecule has 0 aliphatic carbocycles. The second-order valence-electron chi connectivity index (χ2n) is 5.39. The Balaban J connectivity index is 1.75. The van der Waals surface area contributed by atoms with Crippen LogP contribution in [0.2, 0.25) is 5.88 Å². The van der Waals surface area contributed by atoms with E-state index < -0.39 is 67.9 Å². The number of nitrogens with one attached hydrogen (secondary N) is 1.